The molecule has 0 amide bonds. The average Bonchev–Trinajstić information content (AvgIpc) is 2.05. The molecule has 0 aliphatic rings. The number of halogens is 1. The zero-order valence-corrected chi connectivity index (χ0v) is 6.34. The van der Waals surface area contributed by atoms with Gasteiger partial charge in [-0.3, -0.25) is 0 Å². The van der Waals surface area contributed by atoms with E-state index >= 15 is 0 Å². The molecule has 0 aliphatic carbocycles. The zero-order valence-electron chi connectivity index (χ0n) is 5.58. The first kappa shape index (κ1) is 7.99. The highest BCUT2D eigenvalue weighted by Crippen LogP contribution is 2.18. The predicted octanol–water partition coefficient (Wildman–Crippen LogP) is 1.78. The van der Waals surface area contributed by atoms with E-state index in [0.717, 1.165) is 0 Å². The minimum Gasteiger partial charge on any atom is -0.392 e. The van der Waals surface area contributed by atoms with Crippen LogP contribution < -0.4 is 0 Å². The molecule has 0 unspecified atom stereocenters. The number of aliphatic hydroxyl groups is 1. The molecule has 0 aromatic carbocycles. The number of hydrogen-bond donors (Lipinski definition) is 1. The Balaban J connectivity index is 3.15. The Morgan fingerprint density at radius 2 is 2.45 bits per heavy atom. The number of aromatic nitrogens is 1. The molecule has 1 N–H and O–H groups in total. The van der Waals surface area contributed by atoms with Crippen molar-refractivity contribution in [3.8, 4) is 0 Å². The van der Waals surface area contributed by atoms with E-state index in [-0.39, 0.29) is 12.4 Å². The molecule has 1 aromatic rings. The Bertz CT molecular complexity index is 306. The summed E-state index contributed by atoms with van der Waals surface area (Å²) in [5, 5.41) is 9.11. The van der Waals surface area contributed by atoms with Crippen molar-refractivity contribution >= 4 is 17.4 Å². The first-order valence-corrected chi connectivity index (χ1v) is 3.28. The number of hydrogen-bond acceptors (Lipinski definition) is 2. The number of rotatable bonds is 1. The van der Waals surface area contributed by atoms with Crippen molar-refractivity contribution in [1.29, 1.82) is 0 Å². The smallest absolute Gasteiger partial charge is 0.269 e. The Hall–Kier alpha value is -1.11. The highest BCUT2D eigenvalue weighted by atomic mass is 35.5. The SMILES string of the molecule is [C-]#[N+]c1cc(CO)c(Cl)cn1. The van der Waals surface area contributed by atoms with Gasteiger partial charge in [0, 0.05) is 0 Å². The van der Waals surface area contributed by atoms with Crippen LogP contribution in [0.2, 0.25) is 5.02 Å². The first-order valence-electron chi connectivity index (χ1n) is 2.90. The largest absolute Gasteiger partial charge is 0.392 e. The van der Waals surface area contributed by atoms with Gasteiger partial charge in [0.15, 0.2) is 0 Å². The molecule has 0 aliphatic heterocycles. The number of pyridine rings is 1. The molecule has 0 spiro atoms. The van der Waals surface area contributed by atoms with Gasteiger partial charge in [0.2, 0.25) is 0 Å². The van der Waals surface area contributed by atoms with E-state index in [0.29, 0.717) is 10.6 Å². The van der Waals surface area contributed by atoms with E-state index in [1.165, 1.54) is 12.3 Å². The lowest BCUT2D eigenvalue weighted by atomic mass is 10.3. The van der Waals surface area contributed by atoms with Crippen LogP contribution in [0, 0.1) is 6.57 Å². The van der Waals surface area contributed by atoms with Crippen molar-refractivity contribution in [2.75, 3.05) is 0 Å². The summed E-state index contributed by atoms with van der Waals surface area (Å²) < 4.78 is 0. The minimum atomic E-state index is -0.163. The zero-order chi connectivity index (χ0) is 8.27. The van der Waals surface area contributed by atoms with Crippen molar-refractivity contribution in [1.82, 2.24) is 4.98 Å². The summed E-state index contributed by atoms with van der Waals surface area (Å²) in [6.07, 6.45) is 1.36. The second kappa shape index (κ2) is 3.33. The summed E-state index contributed by atoms with van der Waals surface area (Å²) in [6, 6.07) is 1.47. The second-order valence-electron chi connectivity index (χ2n) is 1.90. The fraction of sp³-hybridized carbons (Fsp3) is 0.143. The monoisotopic (exact) mass is 168 g/mol. The number of nitrogens with zero attached hydrogens (tertiary/aromatic N) is 2. The molecule has 0 atom stereocenters. The first-order chi connectivity index (χ1) is 5.27. The van der Waals surface area contributed by atoms with Gasteiger partial charge < -0.3 is 9.95 Å². The maximum Gasteiger partial charge on any atom is 0.269 e. The molecule has 56 valence electrons. The van der Waals surface area contributed by atoms with Crippen LogP contribution in [-0.4, -0.2) is 10.1 Å². The van der Waals surface area contributed by atoms with E-state index in [9.17, 15) is 0 Å². The van der Waals surface area contributed by atoms with Gasteiger partial charge >= 0.3 is 0 Å². The molecule has 1 aromatic heterocycles. The van der Waals surface area contributed by atoms with Gasteiger partial charge in [-0.1, -0.05) is 18.2 Å². The molecule has 1 heterocycles. The third kappa shape index (κ3) is 1.67. The van der Waals surface area contributed by atoms with E-state index in [2.05, 4.69) is 9.83 Å². The van der Waals surface area contributed by atoms with Crippen molar-refractivity contribution in [2.45, 2.75) is 6.61 Å². The third-order valence-electron chi connectivity index (χ3n) is 1.21. The quantitative estimate of drug-likeness (QED) is 0.649. The van der Waals surface area contributed by atoms with Crippen LogP contribution in [0.15, 0.2) is 12.3 Å². The van der Waals surface area contributed by atoms with Crippen LogP contribution >= 0.6 is 11.6 Å². The van der Waals surface area contributed by atoms with Crippen LogP contribution in [0.4, 0.5) is 5.82 Å². The molecule has 11 heavy (non-hydrogen) atoms. The van der Waals surface area contributed by atoms with Gasteiger partial charge in [0.05, 0.1) is 11.6 Å². The summed E-state index contributed by atoms with van der Waals surface area (Å²) in [5.41, 5.74) is 0.535. The Kier molecular flexibility index (Phi) is 2.42. The van der Waals surface area contributed by atoms with Crippen LogP contribution in [0.3, 0.4) is 0 Å². The second-order valence-corrected chi connectivity index (χ2v) is 2.31. The van der Waals surface area contributed by atoms with Crippen LogP contribution in [0.5, 0.6) is 0 Å². The summed E-state index contributed by atoms with van der Waals surface area (Å²) in [4.78, 5) is 6.80. The molecule has 0 saturated heterocycles. The molecule has 1 rings (SSSR count). The standard InChI is InChI=1S/C7H5ClN2O/c1-9-7-2-5(4-11)6(8)3-10-7/h2-3,11H,4H2. The average molecular weight is 169 g/mol. The van der Waals surface area contributed by atoms with Crippen molar-refractivity contribution in [3.63, 3.8) is 0 Å². The van der Waals surface area contributed by atoms with Crippen molar-refractivity contribution in [3.05, 3.63) is 34.3 Å². The van der Waals surface area contributed by atoms with Gasteiger partial charge in [-0.15, -0.1) is 4.98 Å². The van der Waals surface area contributed by atoms with Gasteiger partial charge in [-0.2, -0.15) is 0 Å². The topological polar surface area (TPSA) is 37.5 Å². The third-order valence-corrected chi connectivity index (χ3v) is 1.55. The van der Waals surface area contributed by atoms with E-state index in [1.807, 2.05) is 0 Å². The van der Waals surface area contributed by atoms with Gasteiger partial charge in [0.1, 0.15) is 6.20 Å². The van der Waals surface area contributed by atoms with Gasteiger partial charge in [-0.05, 0) is 11.6 Å². The Morgan fingerprint density at radius 3 is 3.00 bits per heavy atom. The molecule has 0 bridgehead atoms. The lowest BCUT2D eigenvalue weighted by Gasteiger charge is -1.96. The van der Waals surface area contributed by atoms with Crippen LogP contribution in [0.1, 0.15) is 5.56 Å². The molecule has 0 fully saturated rings. The lowest BCUT2D eigenvalue weighted by Crippen LogP contribution is -1.85. The maximum absolute atomic E-state index is 8.72. The summed E-state index contributed by atoms with van der Waals surface area (Å²) >= 11 is 5.63. The highest BCUT2D eigenvalue weighted by Gasteiger charge is 2.01. The summed E-state index contributed by atoms with van der Waals surface area (Å²) in [5.74, 6) is 0.249. The molecule has 0 saturated carbocycles. The summed E-state index contributed by atoms with van der Waals surface area (Å²) in [7, 11) is 0. The molecule has 0 radical (unpaired) electrons. The van der Waals surface area contributed by atoms with Crippen molar-refractivity contribution < 1.29 is 5.11 Å². The highest BCUT2D eigenvalue weighted by molar-refractivity contribution is 6.31. The van der Waals surface area contributed by atoms with Gasteiger partial charge in [-0.25, -0.2) is 0 Å². The van der Waals surface area contributed by atoms with Gasteiger partial charge in [0.25, 0.3) is 5.82 Å². The fourth-order valence-corrected chi connectivity index (χ4v) is 0.813. The molecule has 3 nitrogen and oxygen atoms in total. The fourth-order valence-electron chi connectivity index (χ4n) is 0.650. The lowest BCUT2D eigenvalue weighted by molar-refractivity contribution is 0.282. The van der Waals surface area contributed by atoms with E-state index in [4.69, 9.17) is 23.3 Å². The predicted molar refractivity (Wildman–Crippen MR) is 41.4 cm³/mol. The van der Waals surface area contributed by atoms with Crippen LogP contribution in [-0.2, 0) is 6.61 Å². The molecular formula is C7H5ClN2O. The van der Waals surface area contributed by atoms with E-state index < -0.39 is 0 Å². The summed E-state index contributed by atoms with van der Waals surface area (Å²) in [6.45, 7) is 6.46. The van der Waals surface area contributed by atoms with Crippen LogP contribution in [0.25, 0.3) is 4.85 Å². The normalized spacial score (nSPS) is 9.18. The molecule has 4 heteroatoms. The minimum absolute atomic E-state index is 0.163. The Labute approximate surface area is 69.1 Å². The maximum atomic E-state index is 8.72. The van der Waals surface area contributed by atoms with E-state index in [1.54, 1.807) is 0 Å². The Morgan fingerprint density at radius 1 is 1.73 bits per heavy atom. The molecular weight excluding hydrogens is 164 g/mol. The van der Waals surface area contributed by atoms with Crippen molar-refractivity contribution in [2.24, 2.45) is 0 Å². The number of aliphatic hydroxyl groups excluding tert-OH is 1.